The van der Waals surface area contributed by atoms with Crippen molar-refractivity contribution in [1.29, 1.82) is 0 Å². The van der Waals surface area contributed by atoms with Crippen LogP contribution in [0.4, 0.5) is 11.6 Å². The van der Waals surface area contributed by atoms with E-state index < -0.39 is 11.9 Å². The molecule has 1 aliphatic rings. The van der Waals surface area contributed by atoms with Crippen LogP contribution in [-0.2, 0) is 23.2 Å². The molecule has 1 unspecified atom stereocenters. The number of aliphatic imine (C=N–C) groups is 1. The molecule has 192 valence electrons. The second-order valence-corrected chi connectivity index (χ2v) is 8.63. The molecular formula is C25H26N6O5S. The highest BCUT2D eigenvalue weighted by atomic mass is 32.1. The molecule has 4 rings (SSSR count). The summed E-state index contributed by atoms with van der Waals surface area (Å²) in [4.78, 5) is 32.8. The molecule has 1 saturated heterocycles. The number of nitrogens with zero attached hydrogens (tertiary/aromatic N) is 5. The fraction of sp³-hybridized carbons (Fsp3) is 0.280. The third-order valence-corrected chi connectivity index (χ3v) is 6.29. The number of benzene rings is 2. The van der Waals surface area contributed by atoms with Crippen LogP contribution in [0, 0.1) is 0 Å². The molecule has 0 saturated carbocycles. The van der Waals surface area contributed by atoms with Crippen molar-refractivity contribution in [2.45, 2.75) is 25.9 Å². The van der Waals surface area contributed by atoms with Gasteiger partial charge in [-0.25, -0.2) is 4.99 Å². The summed E-state index contributed by atoms with van der Waals surface area (Å²) >= 11 is 5.49. The van der Waals surface area contributed by atoms with Crippen molar-refractivity contribution >= 4 is 46.6 Å². The van der Waals surface area contributed by atoms with Crippen LogP contribution in [0.15, 0.2) is 64.1 Å². The Morgan fingerprint density at radius 2 is 1.95 bits per heavy atom. The number of likely N-dealkylation sites (N-methyl/N-ethyl adjacent to an activating group) is 1. The van der Waals surface area contributed by atoms with Gasteiger partial charge in [0.05, 0.1) is 13.0 Å². The van der Waals surface area contributed by atoms with Gasteiger partial charge in [-0.05, 0) is 59.6 Å². The van der Waals surface area contributed by atoms with Gasteiger partial charge in [-0.1, -0.05) is 30.3 Å². The van der Waals surface area contributed by atoms with Gasteiger partial charge in [0, 0.05) is 12.7 Å². The molecule has 0 aliphatic carbocycles. The van der Waals surface area contributed by atoms with E-state index in [1.54, 1.807) is 73.6 Å². The summed E-state index contributed by atoms with van der Waals surface area (Å²) < 4.78 is 12.1. The molecule has 0 spiro atoms. The minimum Gasteiger partial charge on any atom is -0.858 e. The summed E-state index contributed by atoms with van der Waals surface area (Å²) in [7, 11) is 3.18. The molecular weight excluding hydrogens is 496 g/mol. The maximum atomic E-state index is 13.0. The average Bonchev–Trinajstić information content (AvgIpc) is 3.33. The van der Waals surface area contributed by atoms with E-state index in [0.717, 1.165) is 0 Å². The van der Waals surface area contributed by atoms with Crippen molar-refractivity contribution in [1.82, 2.24) is 15.1 Å². The van der Waals surface area contributed by atoms with Crippen molar-refractivity contribution in [3.63, 3.8) is 0 Å². The Hall–Kier alpha value is -4.32. The highest BCUT2D eigenvalue weighted by Crippen LogP contribution is 2.26. The Morgan fingerprint density at radius 3 is 2.62 bits per heavy atom. The van der Waals surface area contributed by atoms with Gasteiger partial charge in [-0.2, -0.15) is 0 Å². The van der Waals surface area contributed by atoms with Crippen LogP contribution in [0.2, 0.25) is 0 Å². The van der Waals surface area contributed by atoms with E-state index in [9.17, 15) is 14.7 Å². The predicted molar refractivity (Wildman–Crippen MR) is 136 cm³/mol. The monoisotopic (exact) mass is 522 g/mol. The molecule has 1 aliphatic heterocycles. The fourth-order valence-corrected chi connectivity index (χ4v) is 4.12. The third kappa shape index (κ3) is 5.75. The average molecular weight is 523 g/mol. The fourth-order valence-electron chi connectivity index (χ4n) is 3.84. The maximum absolute atomic E-state index is 13.0. The number of carbonyl (C=O) groups excluding carboxylic acids is 2. The molecule has 2 aromatic carbocycles. The van der Waals surface area contributed by atoms with E-state index >= 15 is 0 Å². The largest absolute Gasteiger partial charge is 0.858 e. The number of rotatable bonds is 9. The van der Waals surface area contributed by atoms with E-state index in [-0.39, 0.29) is 35.8 Å². The number of ether oxygens (including phenoxy) is 1. The summed E-state index contributed by atoms with van der Waals surface area (Å²) in [6, 6.07) is 14.6. The van der Waals surface area contributed by atoms with Crippen molar-refractivity contribution in [3.8, 4) is 5.75 Å². The molecule has 3 aromatic rings. The lowest BCUT2D eigenvalue weighted by Gasteiger charge is -2.21. The number of carbonyl (C=O) groups is 2. The number of aromatic nitrogens is 2. The molecule has 2 heterocycles. The summed E-state index contributed by atoms with van der Waals surface area (Å²) in [5.41, 5.74) is 1.39. The second-order valence-electron chi connectivity index (χ2n) is 8.26. The van der Waals surface area contributed by atoms with Crippen molar-refractivity contribution < 1.29 is 28.6 Å². The molecule has 0 bridgehead atoms. The Bertz CT molecular complexity index is 1330. The first-order valence-electron chi connectivity index (χ1n) is 11.5. The zero-order valence-corrected chi connectivity index (χ0v) is 21.4. The van der Waals surface area contributed by atoms with Crippen LogP contribution in [0.25, 0.3) is 0 Å². The number of amides is 2. The lowest BCUT2D eigenvalue weighted by atomic mass is 10.1. The smallest absolute Gasteiger partial charge is 0.325 e. The third-order valence-electron chi connectivity index (χ3n) is 5.78. The van der Waals surface area contributed by atoms with Gasteiger partial charge >= 0.3 is 5.88 Å². The molecule has 1 atom stereocenters. The minimum absolute atomic E-state index is 0.00116. The number of hydrogen-bond donors (Lipinski definition) is 1. The van der Waals surface area contributed by atoms with Crippen molar-refractivity contribution in [2.75, 3.05) is 19.0 Å². The first-order valence-corrected chi connectivity index (χ1v) is 12.0. The Labute approximate surface area is 218 Å². The number of nitrogens with one attached hydrogen (secondary N) is 1. The predicted octanol–water partition coefficient (Wildman–Crippen LogP) is 1.29. The lowest BCUT2D eigenvalue weighted by Crippen LogP contribution is -2.42. The molecule has 1 fully saturated rings. The summed E-state index contributed by atoms with van der Waals surface area (Å²) in [6.45, 7) is 2.48. The van der Waals surface area contributed by atoms with Crippen LogP contribution >= 0.6 is 12.2 Å². The molecule has 2 amide bonds. The van der Waals surface area contributed by atoms with Gasteiger partial charge in [-0.3, -0.25) is 19.0 Å². The zero-order valence-electron chi connectivity index (χ0n) is 20.6. The van der Waals surface area contributed by atoms with Crippen LogP contribution < -0.4 is 19.8 Å². The van der Waals surface area contributed by atoms with E-state index in [0.29, 0.717) is 29.3 Å². The van der Waals surface area contributed by atoms with Crippen LogP contribution in [0.5, 0.6) is 5.75 Å². The van der Waals surface area contributed by atoms with Gasteiger partial charge in [-0.15, -0.1) is 0 Å². The van der Waals surface area contributed by atoms with Crippen molar-refractivity contribution in [3.05, 3.63) is 65.9 Å². The number of aryl methyl sites for hydroxylation is 1. The summed E-state index contributed by atoms with van der Waals surface area (Å²) in [5, 5.41) is 19.5. The van der Waals surface area contributed by atoms with Gasteiger partial charge in [0.2, 0.25) is 11.2 Å². The van der Waals surface area contributed by atoms with Gasteiger partial charge in [0.1, 0.15) is 18.3 Å². The molecule has 37 heavy (non-hydrogen) atoms. The first-order chi connectivity index (χ1) is 17.8. The Morgan fingerprint density at radius 1 is 1.24 bits per heavy atom. The van der Waals surface area contributed by atoms with Gasteiger partial charge in [0.15, 0.2) is 12.2 Å². The maximum Gasteiger partial charge on any atom is 0.325 e. The number of thiocarbonyl (C=S) groups is 1. The summed E-state index contributed by atoms with van der Waals surface area (Å²) in [6.07, 6.45) is -0.138. The van der Waals surface area contributed by atoms with E-state index in [1.165, 1.54) is 9.58 Å². The Kier molecular flexibility index (Phi) is 7.77. The van der Waals surface area contributed by atoms with Crippen LogP contribution in [0.1, 0.15) is 24.6 Å². The molecule has 0 radical (unpaired) electrons. The van der Waals surface area contributed by atoms with E-state index in [4.69, 9.17) is 21.5 Å². The molecule has 1 N–H and O–H groups in total. The van der Waals surface area contributed by atoms with Gasteiger partial charge in [0.25, 0.3) is 11.6 Å². The normalized spacial score (nSPS) is 15.9. The SMILES string of the molecule is CCOc1ccc(NC(=O)CC2C(=O)N(C)C(=S)N2Cc2c(/N=C(\[O-])c3ccccc3)on[n+]2C)cc1. The van der Waals surface area contributed by atoms with Crippen molar-refractivity contribution in [2.24, 2.45) is 12.0 Å². The van der Waals surface area contributed by atoms with Crippen LogP contribution in [-0.4, -0.2) is 57.6 Å². The number of hydrogen-bond acceptors (Lipinski definition) is 8. The summed E-state index contributed by atoms with van der Waals surface area (Å²) in [5.74, 6) is -0.478. The van der Waals surface area contributed by atoms with E-state index in [1.807, 2.05) is 6.92 Å². The minimum atomic E-state index is -0.854. The zero-order chi connectivity index (χ0) is 26.5. The molecule has 11 nitrogen and oxygen atoms in total. The first kappa shape index (κ1) is 25.8. The highest BCUT2D eigenvalue weighted by molar-refractivity contribution is 7.80. The molecule has 12 heteroatoms. The standard InChI is InChI=1S/C25H26N6O5S/c1-4-35-18-12-10-17(11-13-18)26-21(32)14-19-24(34)29(2)25(37)31(19)15-20-23(36-28-30(20)3)27-22(33)16-8-6-5-7-9-16/h5-13,19H,4,14-15H2,1-3H3,(H-,26,27,28,32,33). The lowest BCUT2D eigenvalue weighted by molar-refractivity contribution is -0.746. The topological polar surface area (TPSA) is 127 Å². The number of anilines is 1. The van der Waals surface area contributed by atoms with Crippen LogP contribution in [0.3, 0.4) is 0 Å². The van der Waals surface area contributed by atoms with E-state index in [2.05, 4.69) is 15.6 Å². The Balaban J connectivity index is 1.52. The molecule has 1 aromatic heterocycles. The second kappa shape index (κ2) is 11.2. The van der Waals surface area contributed by atoms with Gasteiger partial charge < -0.3 is 20.1 Å². The quantitative estimate of drug-likeness (QED) is 0.193. The highest BCUT2D eigenvalue weighted by Gasteiger charge is 2.43.